The molecule has 0 spiro atoms. The highest BCUT2D eigenvalue weighted by atomic mass is 16.5. The average Bonchev–Trinajstić information content (AvgIpc) is 2.76. The van der Waals surface area contributed by atoms with E-state index in [0.717, 1.165) is 10.8 Å². The van der Waals surface area contributed by atoms with Crippen LogP contribution in [0.15, 0.2) is 84.9 Å². The summed E-state index contributed by atoms with van der Waals surface area (Å²) >= 11 is 0. The van der Waals surface area contributed by atoms with Gasteiger partial charge in [0.15, 0.2) is 0 Å². The number of benzene rings is 4. The maximum atomic E-state index is 11.0. The molecule has 0 radical (unpaired) electrons. The molecule has 4 aromatic carbocycles. The van der Waals surface area contributed by atoms with Crippen molar-refractivity contribution in [1.82, 2.24) is 0 Å². The molecular formula is C24H16O6. The highest BCUT2D eigenvalue weighted by molar-refractivity contribution is 5.94. The monoisotopic (exact) mass is 400 g/mol. The first-order chi connectivity index (χ1) is 14.5. The van der Waals surface area contributed by atoms with Crippen LogP contribution >= 0.6 is 0 Å². The van der Waals surface area contributed by atoms with Crippen molar-refractivity contribution >= 4 is 22.7 Å². The van der Waals surface area contributed by atoms with Crippen molar-refractivity contribution < 1.29 is 29.3 Å². The second kappa shape index (κ2) is 7.97. The smallest absolute Gasteiger partial charge is 0.335 e. The summed E-state index contributed by atoms with van der Waals surface area (Å²) in [5.74, 6) is 0.241. The molecule has 0 aliphatic heterocycles. The summed E-state index contributed by atoms with van der Waals surface area (Å²) in [5.41, 5.74) is 0.370. The SMILES string of the molecule is O=C(O)c1ccc(Oc2ccc(Oc3ccc(C(=O)O)cc3)c3ccccc23)cc1. The number of hydrogen-bond acceptors (Lipinski definition) is 4. The summed E-state index contributed by atoms with van der Waals surface area (Å²) in [6.07, 6.45) is 0. The first kappa shape index (κ1) is 19.0. The number of carboxylic acids is 2. The third-order valence-electron chi connectivity index (χ3n) is 4.50. The van der Waals surface area contributed by atoms with Crippen molar-refractivity contribution in [3.05, 3.63) is 96.1 Å². The van der Waals surface area contributed by atoms with E-state index in [1.54, 1.807) is 36.4 Å². The Labute approximate surface area is 171 Å². The van der Waals surface area contributed by atoms with E-state index in [0.29, 0.717) is 23.0 Å². The van der Waals surface area contributed by atoms with Crippen LogP contribution in [0.4, 0.5) is 0 Å². The van der Waals surface area contributed by atoms with E-state index in [1.165, 1.54) is 24.3 Å². The molecule has 4 rings (SSSR count). The normalized spacial score (nSPS) is 10.5. The fourth-order valence-corrected chi connectivity index (χ4v) is 3.01. The van der Waals surface area contributed by atoms with Gasteiger partial charge >= 0.3 is 11.9 Å². The van der Waals surface area contributed by atoms with Crippen LogP contribution in [0.2, 0.25) is 0 Å². The Hall–Kier alpha value is -4.32. The molecule has 6 heteroatoms. The fourth-order valence-electron chi connectivity index (χ4n) is 3.01. The van der Waals surface area contributed by atoms with Gasteiger partial charge in [-0.1, -0.05) is 24.3 Å². The first-order valence-electron chi connectivity index (χ1n) is 9.05. The fraction of sp³-hybridized carbons (Fsp3) is 0. The van der Waals surface area contributed by atoms with E-state index in [9.17, 15) is 9.59 Å². The largest absolute Gasteiger partial charge is 0.478 e. The summed E-state index contributed by atoms with van der Waals surface area (Å²) in [7, 11) is 0. The standard InChI is InChI=1S/C24H16O6/c25-23(26)15-5-9-17(10-6-15)29-21-13-14-22(20-4-2-1-3-19(20)21)30-18-11-7-16(8-12-18)24(27)28/h1-14H,(H,25,26)(H,27,28). The number of rotatable bonds is 6. The summed E-state index contributed by atoms with van der Waals surface area (Å²) in [5, 5.41) is 19.7. The lowest BCUT2D eigenvalue weighted by Crippen LogP contribution is -1.96. The summed E-state index contributed by atoms with van der Waals surface area (Å²) in [6.45, 7) is 0. The zero-order valence-electron chi connectivity index (χ0n) is 15.6. The maximum absolute atomic E-state index is 11.0. The van der Waals surface area contributed by atoms with Gasteiger partial charge in [0, 0.05) is 10.8 Å². The van der Waals surface area contributed by atoms with Crippen LogP contribution in [0, 0.1) is 0 Å². The molecule has 0 saturated heterocycles. The van der Waals surface area contributed by atoms with Gasteiger partial charge in [0.1, 0.15) is 23.0 Å². The number of ether oxygens (including phenoxy) is 2. The number of fused-ring (bicyclic) bond motifs is 1. The highest BCUT2D eigenvalue weighted by Crippen LogP contribution is 2.37. The Bertz CT molecular complexity index is 1130. The van der Waals surface area contributed by atoms with Crippen LogP contribution in [0.3, 0.4) is 0 Å². The molecule has 148 valence electrons. The zero-order valence-corrected chi connectivity index (χ0v) is 15.6. The molecule has 4 aromatic rings. The van der Waals surface area contributed by atoms with Crippen molar-refractivity contribution in [2.24, 2.45) is 0 Å². The van der Waals surface area contributed by atoms with Crippen LogP contribution in [0.1, 0.15) is 20.7 Å². The third kappa shape index (κ3) is 3.93. The molecule has 0 aromatic heterocycles. The predicted molar refractivity (Wildman–Crippen MR) is 111 cm³/mol. The van der Waals surface area contributed by atoms with Gasteiger partial charge < -0.3 is 19.7 Å². The Morgan fingerprint density at radius 2 is 0.900 bits per heavy atom. The van der Waals surface area contributed by atoms with Gasteiger partial charge in [0.2, 0.25) is 0 Å². The summed E-state index contributed by atoms with van der Waals surface area (Å²) in [6, 6.07) is 23.5. The van der Waals surface area contributed by atoms with Crippen molar-refractivity contribution in [3.8, 4) is 23.0 Å². The van der Waals surface area contributed by atoms with E-state index in [2.05, 4.69) is 0 Å². The molecule has 0 amide bonds. The first-order valence-corrected chi connectivity index (χ1v) is 9.05. The van der Waals surface area contributed by atoms with E-state index in [4.69, 9.17) is 19.7 Å². The van der Waals surface area contributed by atoms with Crippen LogP contribution in [0.5, 0.6) is 23.0 Å². The predicted octanol–water partition coefficient (Wildman–Crippen LogP) is 5.82. The Kier molecular flexibility index (Phi) is 5.05. The van der Waals surface area contributed by atoms with E-state index >= 15 is 0 Å². The molecule has 0 atom stereocenters. The molecule has 30 heavy (non-hydrogen) atoms. The molecule has 0 aliphatic rings. The van der Waals surface area contributed by atoms with Crippen LogP contribution in [-0.2, 0) is 0 Å². The minimum atomic E-state index is -0.995. The van der Waals surface area contributed by atoms with Gasteiger partial charge in [-0.15, -0.1) is 0 Å². The lowest BCUT2D eigenvalue weighted by Gasteiger charge is -2.13. The van der Waals surface area contributed by atoms with Crippen LogP contribution in [-0.4, -0.2) is 22.2 Å². The second-order valence-electron chi connectivity index (χ2n) is 6.47. The van der Waals surface area contributed by atoms with E-state index < -0.39 is 11.9 Å². The molecule has 0 unspecified atom stereocenters. The second-order valence-corrected chi connectivity index (χ2v) is 6.47. The molecule has 0 saturated carbocycles. The molecule has 0 bridgehead atoms. The van der Waals surface area contributed by atoms with Crippen LogP contribution < -0.4 is 9.47 Å². The summed E-state index contributed by atoms with van der Waals surface area (Å²) < 4.78 is 11.9. The summed E-state index contributed by atoms with van der Waals surface area (Å²) in [4.78, 5) is 22.0. The van der Waals surface area contributed by atoms with Crippen LogP contribution in [0.25, 0.3) is 10.8 Å². The molecule has 0 fully saturated rings. The Balaban J connectivity index is 1.64. The van der Waals surface area contributed by atoms with E-state index in [-0.39, 0.29) is 11.1 Å². The highest BCUT2D eigenvalue weighted by Gasteiger charge is 2.11. The molecule has 0 heterocycles. The van der Waals surface area contributed by atoms with Crippen molar-refractivity contribution in [2.45, 2.75) is 0 Å². The number of aromatic carboxylic acids is 2. The van der Waals surface area contributed by atoms with Gasteiger partial charge in [0.05, 0.1) is 11.1 Å². The Morgan fingerprint density at radius 3 is 1.23 bits per heavy atom. The minimum absolute atomic E-state index is 0.185. The van der Waals surface area contributed by atoms with Gasteiger partial charge in [0.25, 0.3) is 0 Å². The maximum Gasteiger partial charge on any atom is 0.335 e. The number of carboxylic acid groups (broad SMARTS) is 2. The van der Waals surface area contributed by atoms with Crippen molar-refractivity contribution in [2.75, 3.05) is 0 Å². The third-order valence-corrected chi connectivity index (χ3v) is 4.50. The number of carbonyl (C=O) groups is 2. The molecule has 6 nitrogen and oxygen atoms in total. The molecule has 2 N–H and O–H groups in total. The van der Waals surface area contributed by atoms with Crippen molar-refractivity contribution in [1.29, 1.82) is 0 Å². The molecular weight excluding hydrogens is 384 g/mol. The lowest BCUT2D eigenvalue weighted by molar-refractivity contribution is 0.0686. The zero-order chi connectivity index (χ0) is 21.1. The van der Waals surface area contributed by atoms with Crippen molar-refractivity contribution in [3.63, 3.8) is 0 Å². The molecule has 0 aliphatic carbocycles. The average molecular weight is 400 g/mol. The van der Waals surface area contributed by atoms with E-state index in [1.807, 2.05) is 24.3 Å². The quantitative estimate of drug-likeness (QED) is 0.424. The topological polar surface area (TPSA) is 93.1 Å². The van der Waals surface area contributed by atoms with Gasteiger partial charge in [-0.05, 0) is 60.7 Å². The lowest BCUT2D eigenvalue weighted by atomic mass is 10.1. The minimum Gasteiger partial charge on any atom is -0.478 e. The van der Waals surface area contributed by atoms with Gasteiger partial charge in [-0.2, -0.15) is 0 Å². The van der Waals surface area contributed by atoms with Gasteiger partial charge in [-0.3, -0.25) is 0 Å². The van der Waals surface area contributed by atoms with Gasteiger partial charge in [-0.25, -0.2) is 9.59 Å². The Morgan fingerprint density at radius 1 is 0.533 bits per heavy atom. The number of hydrogen-bond donors (Lipinski definition) is 2.